The van der Waals surface area contributed by atoms with Gasteiger partial charge in [0.1, 0.15) is 0 Å². The highest BCUT2D eigenvalue weighted by atomic mass is 16.6. The fraction of sp³-hybridized carbons (Fsp3) is 0.647. The average molecular weight is 385 g/mol. The number of carbonyl (C=O) groups is 4. The quantitative estimate of drug-likeness (QED) is 0.193. The summed E-state index contributed by atoms with van der Waals surface area (Å²) in [6.45, 7) is 5.99. The van der Waals surface area contributed by atoms with Gasteiger partial charge in [-0.1, -0.05) is 0 Å². The van der Waals surface area contributed by atoms with E-state index in [-0.39, 0.29) is 25.4 Å². The van der Waals surface area contributed by atoms with E-state index >= 15 is 0 Å². The predicted molar refractivity (Wildman–Crippen MR) is 87.8 cm³/mol. The molecule has 4 atom stereocenters. The Bertz CT molecular complexity index is 594. The Labute approximate surface area is 156 Å². The Kier molecular flexibility index (Phi) is 6.78. The maximum atomic E-state index is 12.2. The van der Waals surface area contributed by atoms with E-state index in [0.717, 1.165) is 0 Å². The van der Waals surface area contributed by atoms with Crippen LogP contribution in [0.5, 0.6) is 0 Å². The summed E-state index contributed by atoms with van der Waals surface area (Å²) in [4.78, 5) is 48.7. The number of carbonyl (C=O) groups excluding carboxylic acids is 4. The van der Waals surface area contributed by atoms with Crippen molar-refractivity contribution in [1.29, 1.82) is 0 Å². The summed E-state index contributed by atoms with van der Waals surface area (Å²) >= 11 is 0. The number of nitrogens with zero attached hydrogens (tertiary/aromatic N) is 1. The maximum Gasteiger partial charge on any atom is 0.347 e. The van der Waals surface area contributed by atoms with Crippen LogP contribution in [-0.2, 0) is 42.9 Å². The lowest BCUT2D eigenvalue weighted by atomic mass is 10.1. The minimum Gasteiger partial charge on any atom is -0.462 e. The highest BCUT2D eigenvalue weighted by Crippen LogP contribution is 2.37. The summed E-state index contributed by atoms with van der Waals surface area (Å²) in [6.07, 6.45) is -1.26. The zero-order valence-electron chi connectivity index (χ0n) is 15.6. The van der Waals surface area contributed by atoms with E-state index in [1.807, 2.05) is 0 Å². The van der Waals surface area contributed by atoms with Crippen LogP contribution in [0.15, 0.2) is 11.8 Å². The molecule has 0 amide bonds. The third-order valence-electron chi connectivity index (χ3n) is 3.97. The SMILES string of the molecule is CCOC(=O)C(=CN1[C@@H]2OC[C@H]1[C@H](OC(C)=O)[C@H]2OC(C)=O)C(=O)OCC. The monoisotopic (exact) mass is 385 g/mol. The van der Waals surface area contributed by atoms with Crippen LogP contribution >= 0.6 is 0 Å². The molecule has 0 unspecified atom stereocenters. The van der Waals surface area contributed by atoms with Crippen LogP contribution < -0.4 is 0 Å². The van der Waals surface area contributed by atoms with Gasteiger partial charge in [0.15, 0.2) is 24.0 Å². The van der Waals surface area contributed by atoms with E-state index in [2.05, 4.69) is 0 Å². The highest BCUT2D eigenvalue weighted by molar-refractivity contribution is 6.14. The Morgan fingerprint density at radius 1 is 0.963 bits per heavy atom. The van der Waals surface area contributed by atoms with Gasteiger partial charge in [-0.3, -0.25) is 9.59 Å². The van der Waals surface area contributed by atoms with Crippen molar-refractivity contribution in [1.82, 2.24) is 4.90 Å². The number of fused-ring (bicyclic) bond motifs is 2. The second-order valence-corrected chi connectivity index (χ2v) is 5.87. The van der Waals surface area contributed by atoms with Crippen LogP contribution in [0.2, 0.25) is 0 Å². The maximum absolute atomic E-state index is 12.2. The van der Waals surface area contributed by atoms with Crippen LogP contribution in [0.25, 0.3) is 0 Å². The number of hydrogen-bond donors (Lipinski definition) is 0. The Morgan fingerprint density at radius 2 is 1.48 bits per heavy atom. The minimum absolute atomic E-state index is 0.0745. The van der Waals surface area contributed by atoms with Crippen molar-refractivity contribution in [3.8, 4) is 0 Å². The molecule has 2 aliphatic rings. The summed E-state index contributed by atoms with van der Waals surface area (Å²) < 4.78 is 25.9. The molecule has 2 bridgehead atoms. The lowest BCUT2D eigenvalue weighted by molar-refractivity contribution is -0.178. The van der Waals surface area contributed by atoms with Gasteiger partial charge in [0.05, 0.1) is 25.9 Å². The zero-order chi connectivity index (χ0) is 20.1. The molecule has 0 saturated carbocycles. The molecule has 0 radical (unpaired) electrons. The van der Waals surface area contributed by atoms with Gasteiger partial charge in [0.25, 0.3) is 0 Å². The molecular formula is C17H23NO9. The molecule has 0 spiro atoms. The van der Waals surface area contributed by atoms with Crippen molar-refractivity contribution in [3.05, 3.63) is 11.8 Å². The fourth-order valence-corrected chi connectivity index (χ4v) is 3.05. The topological polar surface area (TPSA) is 118 Å². The number of hydrogen-bond acceptors (Lipinski definition) is 10. The molecule has 2 heterocycles. The molecule has 2 fully saturated rings. The third-order valence-corrected chi connectivity index (χ3v) is 3.97. The van der Waals surface area contributed by atoms with Gasteiger partial charge in [-0.2, -0.15) is 0 Å². The second kappa shape index (κ2) is 8.85. The van der Waals surface area contributed by atoms with E-state index < -0.39 is 48.4 Å². The molecule has 0 N–H and O–H groups in total. The molecule has 150 valence electrons. The summed E-state index contributed by atoms with van der Waals surface area (Å²) in [5.41, 5.74) is -0.329. The predicted octanol–water partition coefficient (Wildman–Crippen LogP) is -0.0996. The first-order chi connectivity index (χ1) is 12.8. The molecule has 27 heavy (non-hydrogen) atoms. The Balaban J connectivity index is 2.35. The first-order valence-corrected chi connectivity index (χ1v) is 8.59. The molecule has 2 saturated heterocycles. The van der Waals surface area contributed by atoms with Gasteiger partial charge in [0.2, 0.25) is 0 Å². The first kappa shape index (κ1) is 20.7. The summed E-state index contributed by atoms with van der Waals surface area (Å²) in [6, 6.07) is -0.540. The van der Waals surface area contributed by atoms with Gasteiger partial charge in [-0.25, -0.2) is 9.59 Å². The minimum atomic E-state index is -0.896. The van der Waals surface area contributed by atoms with Gasteiger partial charge in [-0.05, 0) is 13.8 Å². The van der Waals surface area contributed by atoms with Crippen LogP contribution in [0, 0.1) is 0 Å². The second-order valence-electron chi connectivity index (χ2n) is 5.87. The normalized spacial score (nSPS) is 25.6. The third kappa shape index (κ3) is 4.57. The molecule has 2 rings (SSSR count). The average Bonchev–Trinajstić information content (AvgIpc) is 3.08. The summed E-state index contributed by atoms with van der Waals surface area (Å²) in [7, 11) is 0. The van der Waals surface area contributed by atoms with Crippen LogP contribution in [-0.4, -0.2) is 73.1 Å². The van der Waals surface area contributed by atoms with Crippen molar-refractivity contribution < 1.29 is 42.9 Å². The van der Waals surface area contributed by atoms with Crippen LogP contribution in [0.3, 0.4) is 0 Å². The van der Waals surface area contributed by atoms with Crippen LogP contribution in [0.4, 0.5) is 0 Å². The molecule has 0 aromatic rings. The van der Waals surface area contributed by atoms with Gasteiger partial charge in [0, 0.05) is 20.0 Å². The van der Waals surface area contributed by atoms with E-state index in [4.69, 9.17) is 23.7 Å². The summed E-state index contributed by atoms with van der Waals surface area (Å²) in [5, 5.41) is 0. The Hall–Kier alpha value is -2.62. The highest BCUT2D eigenvalue weighted by Gasteiger charge is 2.58. The van der Waals surface area contributed by atoms with Crippen molar-refractivity contribution in [3.63, 3.8) is 0 Å². The van der Waals surface area contributed by atoms with Crippen molar-refractivity contribution in [2.24, 2.45) is 0 Å². The standard InChI is InChI=1S/C17H23NO9/c1-5-23-16(21)11(17(22)24-6-2)7-18-12-8-25-15(18)14(27-10(4)20)13(12)26-9(3)19/h7,12-15H,5-6,8H2,1-4H3/t12-,13-,14+,15+/m0/s1. The molecular weight excluding hydrogens is 362 g/mol. The Morgan fingerprint density at radius 3 is 1.96 bits per heavy atom. The van der Waals surface area contributed by atoms with Gasteiger partial charge >= 0.3 is 23.9 Å². The van der Waals surface area contributed by atoms with E-state index in [0.29, 0.717) is 0 Å². The largest absolute Gasteiger partial charge is 0.462 e. The molecule has 2 aliphatic heterocycles. The lowest BCUT2D eigenvalue weighted by Gasteiger charge is -2.27. The number of rotatable bonds is 7. The van der Waals surface area contributed by atoms with E-state index in [1.165, 1.54) is 24.9 Å². The molecule has 0 aliphatic carbocycles. The smallest absolute Gasteiger partial charge is 0.347 e. The molecule has 0 aromatic heterocycles. The first-order valence-electron chi connectivity index (χ1n) is 8.59. The molecule has 10 heteroatoms. The van der Waals surface area contributed by atoms with Gasteiger partial charge < -0.3 is 28.6 Å². The van der Waals surface area contributed by atoms with E-state index in [1.54, 1.807) is 13.8 Å². The lowest BCUT2D eigenvalue weighted by Crippen LogP contribution is -2.45. The number of esters is 4. The molecule has 10 nitrogen and oxygen atoms in total. The van der Waals surface area contributed by atoms with Crippen LogP contribution in [0.1, 0.15) is 27.7 Å². The zero-order valence-corrected chi connectivity index (χ0v) is 15.6. The fourth-order valence-electron chi connectivity index (χ4n) is 3.05. The van der Waals surface area contributed by atoms with E-state index in [9.17, 15) is 19.2 Å². The number of ether oxygens (including phenoxy) is 5. The van der Waals surface area contributed by atoms with Crippen molar-refractivity contribution >= 4 is 23.9 Å². The van der Waals surface area contributed by atoms with Gasteiger partial charge in [-0.15, -0.1) is 0 Å². The van der Waals surface area contributed by atoms with Crippen molar-refractivity contribution in [2.75, 3.05) is 19.8 Å². The summed E-state index contributed by atoms with van der Waals surface area (Å²) in [5.74, 6) is -2.83. The van der Waals surface area contributed by atoms with Crippen molar-refractivity contribution in [2.45, 2.75) is 52.2 Å². The molecule has 0 aromatic carbocycles.